The van der Waals surface area contributed by atoms with Crippen LogP contribution in [0.5, 0.6) is 0 Å². The Morgan fingerprint density at radius 1 is 0.853 bits per heavy atom. The molecule has 0 saturated carbocycles. The number of piperidine rings is 1. The zero-order valence-corrected chi connectivity index (χ0v) is 22.0. The van der Waals surface area contributed by atoms with Crippen LogP contribution in [-0.2, 0) is 12.0 Å². The Bertz CT molecular complexity index is 1020. The lowest BCUT2D eigenvalue weighted by atomic mass is 9.68. The van der Waals surface area contributed by atoms with Crippen molar-refractivity contribution in [2.75, 3.05) is 26.2 Å². The molecule has 2 aliphatic rings. The predicted molar refractivity (Wildman–Crippen MR) is 149 cm³/mol. The molecule has 2 aliphatic heterocycles. The molecule has 182 valence electrons. The smallest absolute Gasteiger partial charge is 0.0406 e. The predicted octanol–water partition coefficient (Wildman–Crippen LogP) is 7.23. The summed E-state index contributed by atoms with van der Waals surface area (Å²) in [5, 5.41) is 4.52. The van der Waals surface area contributed by atoms with E-state index in [2.05, 4.69) is 76.9 Å². The molecule has 5 rings (SSSR count). The summed E-state index contributed by atoms with van der Waals surface area (Å²) in [7, 11) is 0. The number of likely N-dealkylation sites (tertiary alicyclic amines) is 1. The Labute approximate surface area is 221 Å². The van der Waals surface area contributed by atoms with E-state index >= 15 is 0 Å². The van der Waals surface area contributed by atoms with Gasteiger partial charge >= 0.3 is 0 Å². The fourth-order valence-corrected chi connectivity index (χ4v) is 5.99. The van der Waals surface area contributed by atoms with Crippen molar-refractivity contribution >= 4 is 36.4 Å². The summed E-state index contributed by atoms with van der Waals surface area (Å²) < 4.78 is 0. The highest BCUT2D eigenvalue weighted by atomic mass is 35.5. The van der Waals surface area contributed by atoms with Crippen LogP contribution in [0, 0.1) is 0 Å². The number of hydrogen-bond acceptors (Lipinski definition) is 2. The number of halogens is 3. The first-order valence-corrected chi connectivity index (χ1v) is 12.4. The van der Waals surface area contributed by atoms with Crippen LogP contribution < -0.4 is 5.32 Å². The lowest BCUT2D eigenvalue weighted by Gasteiger charge is -2.41. The van der Waals surface area contributed by atoms with Gasteiger partial charge in [-0.25, -0.2) is 0 Å². The Morgan fingerprint density at radius 3 is 2.26 bits per heavy atom. The minimum Gasteiger partial charge on any atom is -0.311 e. The standard InChI is InChI=1S/C29H33ClN2.2ClH/c30-27-13-11-26(12-14-27)29(22-31-21-25-9-4-5-10-28(25)29)17-6-18-32-19-15-24(16-20-32)23-7-2-1-3-8-23;;/h1-5,7-14,24,31H,6,15-22H2;2*1H. The molecule has 1 N–H and O–H groups in total. The normalized spacial score (nSPS) is 20.6. The van der Waals surface area contributed by atoms with Gasteiger partial charge in [0.05, 0.1) is 0 Å². The largest absolute Gasteiger partial charge is 0.311 e. The fraction of sp³-hybridized carbons (Fsp3) is 0.379. The summed E-state index contributed by atoms with van der Waals surface area (Å²) in [5.41, 5.74) is 5.83. The van der Waals surface area contributed by atoms with E-state index in [0.29, 0.717) is 0 Å². The molecule has 0 aromatic heterocycles. The topological polar surface area (TPSA) is 15.3 Å². The molecule has 0 spiro atoms. The van der Waals surface area contributed by atoms with Gasteiger partial charge in [-0.05, 0) is 85.6 Å². The third-order valence-electron chi connectivity index (χ3n) is 7.61. The minimum atomic E-state index is 0. The van der Waals surface area contributed by atoms with Gasteiger partial charge in [0, 0.05) is 23.5 Å². The summed E-state index contributed by atoms with van der Waals surface area (Å²) in [5.74, 6) is 0.724. The molecule has 1 unspecified atom stereocenters. The molecule has 2 nitrogen and oxygen atoms in total. The highest BCUT2D eigenvalue weighted by molar-refractivity contribution is 6.30. The van der Waals surface area contributed by atoms with Crippen LogP contribution in [0.15, 0.2) is 78.9 Å². The molecule has 0 bridgehead atoms. The zero-order chi connectivity index (χ0) is 21.8. The second-order valence-electron chi connectivity index (χ2n) is 9.48. The van der Waals surface area contributed by atoms with E-state index < -0.39 is 0 Å². The van der Waals surface area contributed by atoms with E-state index in [1.165, 1.54) is 61.2 Å². The van der Waals surface area contributed by atoms with E-state index in [4.69, 9.17) is 11.6 Å². The monoisotopic (exact) mass is 516 g/mol. The van der Waals surface area contributed by atoms with Gasteiger partial charge in [0.15, 0.2) is 0 Å². The fourth-order valence-electron chi connectivity index (χ4n) is 5.86. The van der Waals surface area contributed by atoms with Crippen molar-refractivity contribution in [3.05, 3.63) is 106 Å². The van der Waals surface area contributed by atoms with Gasteiger partial charge in [-0.3, -0.25) is 0 Å². The van der Waals surface area contributed by atoms with Gasteiger partial charge in [0.25, 0.3) is 0 Å². The molecule has 3 aromatic carbocycles. The van der Waals surface area contributed by atoms with E-state index in [-0.39, 0.29) is 30.2 Å². The van der Waals surface area contributed by atoms with Crippen molar-refractivity contribution in [1.29, 1.82) is 0 Å². The van der Waals surface area contributed by atoms with E-state index in [1.807, 2.05) is 12.1 Å². The van der Waals surface area contributed by atoms with Crippen molar-refractivity contribution in [3.63, 3.8) is 0 Å². The third kappa shape index (κ3) is 5.80. The Kier molecular flexibility index (Phi) is 9.88. The van der Waals surface area contributed by atoms with Crippen LogP contribution in [0.2, 0.25) is 5.02 Å². The molecule has 1 fully saturated rings. The highest BCUT2D eigenvalue weighted by Gasteiger charge is 2.37. The van der Waals surface area contributed by atoms with Gasteiger partial charge in [-0.15, -0.1) is 24.8 Å². The zero-order valence-electron chi connectivity index (χ0n) is 19.6. The minimum absolute atomic E-state index is 0. The second kappa shape index (κ2) is 12.4. The van der Waals surface area contributed by atoms with Crippen LogP contribution in [-0.4, -0.2) is 31.1 Å². The SMILES string of the molecule is Cl.Cl.Clc1ccc(C2(CCCN3CCC(c4ccccc4)CC3)CNCc3ccccc32)cc1. The summed E-state index contributed by atoms with van der Waals surface area (Å²) in [4.78, 5) is 2.68. The molecule has 0 aliphatic carbocycles. The Hall–Kier alpha value is -1.55. The van der Waals surface area contributed by atoms with Crippen LogP contribution in [0.4, 0.5) is 0 Å². The molecule has 2 heterocycles. The Morgan fingerprint density at radius 2 is 1.53 bits per heavy atom. The Balaban J connectivity index is 0.00000162. The quantitative estimate of drug-likeness (QED) is 0.371. The van der Waals surface area contributed by atoms with Crippen LogP contribution in [0.3, 0.4) is 0 Å². The van der Waals surface area contributed by atoms with Gasteiger partial charge in [-0.2, -0.15) is 0 Å². The number of hydrogen-bond donors (Lipinski definition) is 1. The molecule has 0 radical (unpaired) electrons. The third-order valence-corrected chi connectivity index (χ3v) is 7.86. The molecule has 1 saturated heterocycles. The number of benzene rings is 3. The van der Waals surface area contributed by atoms with E-state index in [0.717, 1.165) is 30.5 Å². The summed E-state index contributed by atoms with van der Waals surface area (Å²) in [6.07, 6.45) is 4.90. The number of nitrogens with one attached hydrogen (secondary N) is 1. The van der Waals surface area contributed by atoms with Crippen molar-refractivity contribution < 1.29 is 0 Å². The molecule has 0 amide bonds. The maximum atomic E-state index is 6.24. The van der Waals surface area contributed by atoms with Crippen molar-refractivity contribution in [3.8, 4) is 0 Å². The lowest BCUT2D eigenvalue weighted by molar-refractivity contribution is 0.203. The average Bonchev–Trinajstić information content (AvgIpc) is 2.85. The van der Waals surface area contributed by atoms with Crippen molar-refractivity contribution in [2.24, 2.45) is 0 Å². The highest BCUT2D eigenvalue weighted by Crippen LogP contribution is 2.41. The summed E-state index contributed by atoms with van der Waals surface area (Å²) in [6, 6.07) is 28.6. The van der Waals surface area contributed by atoms with Crippen molar-refractivity contribution in [2.45, 2.75) is 43.6 Å². The average molecular weight is 518 g/mol. The van der Waals surface area contributed by atoms with Crippen LogP contribution in [0.25, 0.3) is 0 Å². The molecule has 5 heteroatoms. The van der Waals surface area contributed by atoms with Gasteiger partial charge < -0.3 is 10.2 Å². The van der Waals surface area contributed by atoms with Crippen molar-refractivity contribution in [1.82, 2.24) is 10.2 Å². The molecule has 3 aromatic rings. The number of nitrogens with zero attached hydrogens (tertiary/aromatic N) is 1. The molecular weight excluding hydrogens is 483 g/mol. The van der Waals surface area contributed by atoms with Gasteiger partial charge in [0.1, 0.15) is 0 Å². The maximum absolute atomic E-state index is 6.24. The number of rotatable bonds is 6. The molecule has 1 atom stereocenters. The first kappa shape index (κ1) is 27.0. The second-order valence-corrected chi connectivity index (χ2v) is 9.92. The van der Waals surface area contributed by atoms with E-state index in [9.17, 15) is 0 Å². The van der Waals surface area contributed by atoms with Crippen LogP contribution in [0.1, 0.15) is 53.9 Å². The number of fused-ring (bicyclic) bond motifs is 1. The first-order valence-electron chi connectivity index (χ1n) is 12.1. The summed E-state index contributed by atoms with van der Waals surface area (Å²) >= 11 is 6.24. The lowest BCUT2D eigenvalue weighted by Crippen LogP contribution is -2.44. The molecule has 34 heavy (non-hydrogen) atoms. The van der Waals surface area contributed by atoms with E-state index in [1.54, 1.807) is 0 Å². The van der Waals surface area contributed by atoms with Crippen LogP contribution >= 0.6 is 36.4 Å². The molecular formula is C29H35Cl3N2. The van der Waals surface area contributed by atoms with Gasteiger partial charge in [-0.1, -0.05) is 78.3 Å². The maximum Gasteiger partial charge on any atom is 0.0406 e. The first-order chi connectivity index (χ1) is 15.7. The van der Waals surface area contributed by atoms with Gasteiger partial charge in [0.2, 0.25) is 0 Å². The summed E-state index contributed by atoms with van der Waals surface area (Å²) in [6.45, 7) is 5.55.